The monoisotopic (exact) mass is 368 g/mol. The fourth-order valence-corrected chi connectivity index (χ4v) is 4.49. The van der Waals surface area contributed by atoms with Crippen molar-refractivity contribution in [2.45, 2.75) is 24.7 Å². The Labute approximate surface area is 148 Å². The van der Waals surface area contributed by atoms with Crippen LogP contribution in [0.15, 0.2) is 24.3 Å². The van der Waals surface area contributed by atoms with Gasteiger partial charge in [-0.3, -0.25) is 4.79 Å². The Morgan fingerprint density at radius 3 is 2.52 bits per heavy atom. The number of ether oxygens (including phenoxy) is 2. The molecular formula is C17H24N2O5S. The second kappa shape index (κ2) is 8.27. The highest BCUT2D eigenvalue weighted by Crippen LogP contribution is 2.14. The van der Waals surface area contributed by atoms with E-state index >= 15 is 0 Å². The first-order valence-electron chi connectivity index (χ1n) is 8.59. The number of nitrogens with zero attached hydrogens (tertiary/aromatic N) is 1. The SMILES string of the molecule is O=C(NCC1CCCO1)c1ccc(CS(=O)(=O)N2CCOCC2)cc1. The van der Waals surface area contributed by atoms with Crippen LogP contribution in [0.1, 0.15) is 28.8 Å². The minimum atomic E-state index is -3.35. The van der Waals surface area contributed by atoms with Crippen LogP contribution in [0.5, 0.6) is 0 Å². The van der Waals surface area contributed by atoms with E-state index in [2.05, 4.69) is 5.32 Å². The van der Waals surface area contributed by atoms with Gasteiger partial charge < -0.3 is 14.8 Å². The number of carbonyl (C=O) groups is 1. The maximum Gasteiger partial charge on any atom is 0.251 e. The fraction of sp³-hybridized carbons (Fsp3) is 0.588. The average Bonchev–Trinajstić information content (AvgIpc) is 3.14. The van der Waals surface area contributed by atoms with Crippen LogP contribution in [0, 0.1) is 0 Å². The summed E-state index contributed by atoms with van der Waals surface area (Å²) in [5.41, 5.74) is 1.19. The molecule has 1 unspecified atom stereocenters. The van der Waals surface area contributed by atoms with Crippen LogP contribution in [0.3, 0.4) is 0 Å². The van der Waals surface area contributed by atoms with Gasteiger partial charge in [0, 0.05) is 31.8 Å². The van der Waals surface area contributed by atoms with Crippen molar-refractivity contribution in [2.24, 2.45) is 0 Å². The first kappa shape index (κ1) is 18.3. The summed E-state index contributed by atoms with van der Waals surface area (Å²) in [6, 6.07) is 6.71. The van der Waals surface area contributed by atoms with E-state index in [1.165, 1.54) is 4.31 Å². The van der Waals surface area contributed by atoms with E-state index in [1.54, 1.807) is 24.3 Å². The molecule has 0 aromatic heterocycles. The molecule has 2 saturated heterocycles. The molecule has 8 heteroatoms. The van der Waals surface area contributed by atoms with Gasteiger partial charge in [0.05, 0.1) is 25.1 Å². The van der Waals surface area contributed by atoms with Crippen molar-refractivity contribution >= 4 is 15.9 Å². The molecule has 0 bridgehead atoms. The minimum Gasteiger partial charge on any atom is -0.379 e. The van der Waals surface area contributed by atoms with Gasteiger partial charge in [0.25, 0.3) is 5.91 Å². The third-order valence-electron chi connectivity index (χ3n) is 4.44. The molecule has 1 amide bonds. The summed E-state index contributed by atoms with van der Waals surface area (Å²) in [5, 5.41) is 2.86. The van der Waals surface area contributed by atoms with E-state index in [-0.39, 0.29) is 17.8 Å². The quantitative estimate of drug-likeness (QED) is 0.801. The van der Waals surface area contributed by atoms with Gasteiger partial charge in [-0.2, -0.15) is 4.31 Å². The highest BCUT2D eigenvalue weighted by molar-refractivity contribution is 7.88. The Morgan fingerprint density at radius 2 is 1.88 bits per heavy atom. The number of sulfonamides is 1. The lowest BCUT2D eigenvalue weighted by Crippen LogP contribution is -2.41. The van der Waals surface area contributed by atoms with Crippen molar-refractivity contribution in [3.63, 3.8) is 0 Å². The van der Waals surface area contributed by atoms with Crippen LogP contribution in [-0.2, 0) is 25.2 Å². The van der Waals surface area contributed by atoms with E-state index in [4.69, 9.17) is 9.47 Å². The Balaban J connectivity index is 1.55. The molecule has 138 valence electrons. The van der Waals surface area contributed by atoms with Crippen LogP contribution in [0.25, 0.3) is 0 Å². The number of carbonyl (C=O) groups excluding carboxylic acids is 1. The maximum absolute atomic E-state index is 12.4. The minimum absolute atomic E-state index is 0.0647. The number of morpholine rings is 1. The Bertz CT molecular complexity index is 677. The molecular weight excluding hydrogens is 344 g/mol. The number of hydrogen-bond donors (Lipinski definition) is 1. The number of rotatable bonds is 6. The van der Waals surface area contributed by atoms with E-state index in [0.29, 0.717) is 44.0 Å². The van der Waals surface area contributed by atoms with Crippen molar-refractivity contribution in [1.29, 1.82) is 0 Å². The van der Waals surface area contributed by atoms with Crippen molar-refractivity contribution < 1.29 is 22.7 Å². The largest absolute Gasteiger partial charge is 0.379 e. The summed E-state index contributed by atoms with van der Waals surface area (Å²) in [7, 11) is -3.35. The van der Waals surface area contributed by atoms with Crippen molar-refractivity contribution in [3.8, 4) is 0 Å². The summed E-state index contributed by atoms with van der Waals surface area (Å²) < 4.78 is 36.9. The fourth-order valence-electron chi connectivity index (χ4n) is 2.99. The third-order valence-corrected chi connectivity index (χ3v) is 6.29. The Morgan fingerprint density at radius 1 is 1.16 bits per heavy atom. The molecule has 0 saturated carbocycles. The van der Waals surface area contributed by atoms with Gasteiger partial charge >= 0.3 is 0 Å². The highest BCUT2D eigenvalue weighted by atomic mass is 32.2. The predicted molar refractivity (Wildman–Crippen MR) is 92.8 cm³/mol. The molecule has 0 radical (unpaired) electrons. The predicted octanol–water partition coefficient (Wildman–Crippen LogP) is 0.757. The molecule has 3 rings (SSSR count). The van der Waals surface area contributed by atoms with E-state index in [0.717, 1.165) is 19.4 Å². The standard InChI is InChI=1S/C17H24N2O5S/c20-17(18-12-16-2-1-9-24-16)15-5-3-14(4-6-15)13-25(21,22)19-7-10-23-11-8-19/h3-6,16H,1-2,7-13H2,(H,18,20). The van der Waals surface area contributed by atoms with Gasteiger partial charge in [-0.05, 0) is 30.5 Å². The Kier molecular flexibility index (Phi) is 6.06. The summed E-state index contributed by atoms with van der Waals surface area (Å²) in [6.45, 7) is 2.92. The molecule has 2 aliphatic heterocycles. The number of hydrogen-bond acceptors (Lipinski definition) is 5. The first-order valence-corrected chi connectivity index (χ1v) is 10.2. The summed E-state index contributed by atoms with van der Waals surface area (Å²) in [5.74, 6) is -0.233. The molecule has 1 aromatic rings. The molecule has 2 aliphatic rings. The number of nitrogens with one attached hydrogen (secondary N) is 1. The zero-order valence-corrected chi connectivity index (χ0v) is 15.0. The van der Waals surface area contributed by atoms with E-state index in [9.17, 15) is 13.2 Å². The molecule has 25 heavy (non-hydrogen) atoms. The Hall–Kier alpha value is -1.48. The van der Waals surface area contributed by atoms with E-state index < -0.39 is 10.0 Å². The van der Waals surface area contributed by atoms with Gasteiger partial charge in [0.1, 0.15) is 0 Å². The maximum atomic E-state index is 12.4. The van der Waals surface area contributed by atoms with Crippen LogP contribution in [0.4, 0.5) is 0 Å². The van der Waals surface area contributed by atoms with E-state index in [1.807, 2.05) is 0 Å². The average molecular weight is 368 g/mol. The lowest BCUT2D eigenvalue weighted by Gasteiger charge is -2.26. The van der Waals surface area contributed by atoms with Crippen molar-refractivity contribution in [2.75, 3.05) is 39.5 Å². The van der Waals surface area contributed by atoms with Crippen LogP contribution < -0.4 is 5.32 Å². The molecule has 2 fully saturated rings. The molecule has 7 nitrogen and oxygen atoms in total. The van der Waals surface area contributed by atoms with Crippen LogP contribution in [0.2, 0.25) is 0 Å². The molecule has 1 atom stereocenters. The molecule has 1 N–H and O–H groups in total. The zero-order valence-electron chi connectivity index (χ0n) is 14.1. The second-order valence-corrected chi connectivity index (χ2v) is 8.28. The smallest absolute Gasteiger partial charge is 0.251 e. The molecule has 2 heterocycles. The summed E-state index contributed by atoms with van der Waals surface area (Å²) in [4.78, 5) is 12.1. The van der Waals surface area contributed by atoms with Crippen molar-refractivity contribution in [1.82, 2.24) is 9.62 Å². The highest BCUT2D eigenvalue weighted by Gasteiger charge is 2.24. The first-order chi connectivity index (χ1) is 12.0. The van der Waals surface area contributed by atoms with Gasteiger partial charge in [-0.25, -0.2) is 8.42 Å². The normalized spacial score (nSPS) is 22.0. The van der Waals surface area contributed by atoms with Gasteiger partial charge in [-0.15, -0.1) is 0 Å². The number of benzene rings is 1. The zero-order chi connectivity index (χ0) is 17.7. The van der Waals surface area contributed by atoms with Gasteiger partial charge in [-0.1, -0.05) is 12.1 Å². The summed E-state index contributed by atoms with van der Waals surface area (Å²) >= 11 is 0. The van der Waals surface area contributed by atoms with Gasteiger partial charge in [0.2, 0.25) is 10.0 Å². The van der Waals surface area contributed by atoms with Crippen LogP contribution >= 0.6 is 0 Å². The molecule has 1 aromatic carbocycles. The number of amides is 1. The lowest BCUT2D eigenvalue weighted by molar-refractivity contribution is 0.0729. The molecule has 0 aliphatic carbocycles. The van der Waals surface area contributed by atoms with Gasteiger partial charge in [0.15, 0.2) is 0 Å². The third kappa shape index (κ3) is 5.01. The lowest BCUT2D eigenvalue weighted by atomic mass is 10.1. The second-order valence-electron chi connectivity index (χ2n) is 6.31. The van der Waals surface area contributed by atoms with Crippen molar-refractivity contribution in [3.05, 3.63) is 35.4 Å². The topological polar surface area (TPSA) is 84.9 Å². The van der Waals surface area contributed by atoms with Crippen LogP contribution in [-0.4, -0.2) is 64.2 Å². The summed E-state index contributed by atoms with van der Waals surface area (Å²) in [6.07, 6.45) is 2.10. The molecule has 0 spiro atoms.